The molecule has 0 aromatic heterocycles. The second-order valence-corrected chi connectivity index (χ2v) is 7.62. The molecule has 20 heavy (non-hydrogen) atoms. The summed E-state index contributed by atoms with van der Waals surface area (Å²) in [4.78, 5) is 0. The largest absolute Gasteiger partial charge is 0.398 e. The molecular weight excluding hydrogens is 312 g/mol. The minimum Gasteiger partial charge on any atom is -0.398 e. The summed E-state index contributed by atoms with van der Waals surface area (Å²) in [7, 11) is 0. The Balaban J connectivity index is 1.88. The first-order chi connectivity index (χ1) is 9.51. The van der Waals surface area contributed by atoms with Gasteiger partial charge in [0.25, 0.3) is 0 Å². The number of nitrogen functional groups attached to an aromatic ring is 1. The summed E-state index contributed by atoms with van der Waals surface area (Å²) in [6.45, 7) is 6.74. The van der Waals surface area contributed by atoms with E-state index >= 15 is 0 Å². The lowest BCUT2D eigenvalue weighted by Crippen LogP contribution is -2.33. The van der Waals surface area contributed by atoms with Crippen LogP contribution in [-0.2, 0) is 6.54 Å². The Labute approximate surface area is 131 Å². The number of anilines is 1. The van der Waals surface area contributed by atoms with Crippen LogP contribution in [0.2, 0.25) is 0 Å². The molecule has 0 heterocycles. The van der Waals surface area contributed by atoms with Crippen molar-refractivity contribution in [2.45, 2.75) is 52.5 Å². The Hall–Kier alpha value is -0.540. The zero-order valence-electron chi connectivity index (χ0n) is 12.7. The molecule has 112 valence electrons. The van der Waals surface area contributed by atoms with Crippen LogP contribution in [0.1, 0.15) is 51.5 Å². The molecule has 0 unspecified atom stereocenters. The predicted octanol–water partition coefficient (Wildman–Crippen LogP) is 4.73. The highest BCUT2D eigenvalue weighted by Crippen LogP contribution is 2.42. The Morgan fingerprint density at radius 1 is 1.30 bits per heavy atom. The Bertz CT molecular complexity index is 437. The molecule has 0 aliphatic heterocycles. The molecule has 0 amide bonds. The molecule has 1 aromatic rings. The van der Waals surface area contributed by atoms with E-state index in [-0.39, 0.29) is 0 Å². The lowest BCUT2D eigenvalue weighted by molar-refractivity contribution is 0.223. The van der Waals surface area contributed by atoms with E-state index in [9.17, 15) is 0 Å². The summed E-state index contributed by atoms with van der Waals surface area (Å²) in [5, 5.41) is 3.67. The average Bonchev–Trinajstić information content (AvgIpc) is 2.81. The monoisotopic (exact) mass is 338 g/mol. The van der Waals surface area contributed by atoms with Gasteiger partial charge in [-0.2, -0.15) is 0 Å². The van der Waals surface area contributed by atoms with Crippen LogP contribution in [0.4, 0.5) is 5.69 Å². The van der Waals surface area contributed by atoms with Gasteiger partial charge in [0.15, 0.2) is 0 Å². The van der Waals surface area contributed by atoms with Gasteiger partial charge in [-0.05, 0) is 64.2 Å². The molecule has 0 saturated heterocycles. The number of halogens is 1. The van der Waals surface area contributed by atoms with E-state index < -0.39 is 0 Å². The summed E-state index contributed by atoms with van der Waals surface area (Å²) < 4.78 is 0.980. The molecule has 2 rings (SSSR count). The van der Waals surface area contributed by atoms with Crippen molar-refractivity contribution >= 4 is 21.6 Å². The van der Waals surface area contributed by atoms with Gasteiger partial charge >= 0.3 is 0 Å². The summed E-state index contributed by atoms with van der Waals surface area (Å²) in [5.41, 5.74) is 8.56. The third-order valence-electron chi connectivity index (χ3n) is 4.40. The van der Waals surface area contributed by atoms with Crippen molar-refractivity contribution in [3.8, 4) is 0 Å². The van der Waals surface area contributed by atoms with E-state index in [1.54, 1.807) is 0 Å². The number of rotatable bonds is 6. The fourth-order valence-electron chi connectivity index (χ4n) is 3.62. The second kappa shape index (κ2) is 6.95. The maximum absolute atomic E-state index is 5.93. The highest BCUT2D eigenvalue weighted by molar-refractivity contribution is 9.10. The minimum absolute atomic E-state index is 0.537. The van der Waals surface area contributed by atoms with E-state index in [1.165, 1.54) is 37.7 Å². The zero-order valence-corrected chi connectivity index (χ0v) is 14.3. The lowest BCUT2D eigenvalue weighted by Gasteiger charge is -2.31. The van der Waals surface area contributed by atoms with E-state index in [0.717, 1.165) is 29.2 Å². The smallest absolute Gasteiger partial charge is 0.0461 e. The fraction of sp³-hybridized carbons (Fsp3) is 0.647. The first-order valence-electron chi connectivity index (χ1n) is 7.75. The molecule has 3 N–H and O–H groups in total. The van der Waals surface area contributed by atoms with Crippen LogP contribution < -0.4 is 11.1 Å². The summed E-state index contributed by atoms with van der Waals surface area (Å²) in [6.07, 6.45) is 6.93. The number of hydrogen-bond donors (Lipinski definition) is 2. The maximum Gasteiger partial charge on any atom is 0.0461 e. The van der Waals surface area contributed by atoms with Gasteiger partial charge in [-0.1, -0.05) is 32.8 Å². The highest BCUT2D eigenvalue weighted by atomic mass is 79.9. The molecule has 0 spiro atoms. The van der Waals surface area contributed by atoms with Crippen molar-refractivity contribution in [2.24, 2.45) is 11.3 Å². The van der Waals surface area contributed by atoms with Crippen LogP contribution >= 0.6 is 15.9 Å². The standard InChI is InChI=1S/C17H27BrN2/c1-13(2)10-17(7-3-4-8-17)12-20-11-14-5-6-15(18)16(19)9-14/h5-6,9,13,20H,3-4,7-8,10-12,19H2,1-2H3. The van der Waals surface area contributed by atoms with Crippen molar-refractivity contribution in [1.82, 2.24) is 5.32 Å². The minimum atomic E-state index is 0.537. The first-order valence-corrected chi connectivity index (χ1v) is 8.55. The van der Waals surface area contributed by atoms with Crippen LogP contribution in [-0.4, -0.2) is 6.54 Å². The predicted molar refractivity (Wildman–Crippen MR) is 90.6 cm³/mol. The number of benzene rings is 1. The summed E-state index contributed by atoms with van der Waals surface area (Å²) in [6, 6.07) is 6.23. The molecule has 2 nitrogen and oxygen atoms in total. The van der Waals surface area contributed by atoms with Gasteiger partial charge in [0.1, 0.15) is 0 Å². The van der Waals surface area contributed by atoms with Crippen molar-refractivity contribution in [3.63, 3.8) is 0 Å². The molecule has 3 heteroatoms. The van der Waals surface area contributed by atoms with Crippen molar-refractivity contribution in [2.75, 3.05) is 12.3 Å². The normalized spacial score (nSPS) is 17.8. The highest BCUT2D eigenvalue weighted by Gasteiger charge is 2.33. The van der Waals surface area contributed by atoms with Gasteiger partial charge in [0, 0.05) is 23.2 Å². The molecule has 0 atom stereocenters. The van der Waals surface area contributed by atoms with E-state index in [0.29, 0.717) is 5.41 Å². The maximum atomic E-state index is 5.93. The van der Waals surface area contributed by atoms with Gasteiger partial charge in [-0.15, -0.1) is 0 Å². The number of hydrogen-bond acceptors (Lipinski definition) is 2. The molecule has 1 saturated carbocycles. The Morgan fingerprint density at radius 2 is 2.00 bits per heavy atom. The van der Waals surface area contributed by atoms with E-state index in [1.807, 2.05) is 6.07 Å². The van der Waals surface area contributed by atoms with Gasteiger partial charge < -0.3 is 11.1 Å². The van der Waals surface area contributed by atoms with Crippen molar-refractivity contribution in [3.05, 3.63) is 28.2 Å². The van der Waals surface area contributed by atoms with Crippen LogP contribution in [0.5, 0.6) is 0 Å². The Kier molecular flexibility index (Phi) is 5.50. The number of nitrogens with one attached hydrogen (secondary N) is 1. The van der Waals surface area contributed by atoms with E-state index in [2.05, 4.69) is 47.2 Å². The summed E-state index contributed by atoms with van der Waals surface area (Å²) >= 11 is 3.44. The molecule has 1 aliphatic rings. The molecular formula is C17H27BrN2. The molecule has 1 aromatic carbocycles. The SMILES string of the molecule is CC(C)CC1(CNCc2ccc(Br)c(N)c2)CCCC1. The van der Waals surface area contributed by atoms with Crippen LogP contribution in [0.25, 0.3) is 0 Å². The van der Waals surface area contributed by atoms with Crippen molar-refractivity contribution in [1.29, 1.82) is 0 Å². The van der Waals surface area contributed by atoms with Gasteiger partial charge in [0.05, 0.1) is 0 Å². The fourth-order valence-corrected chi connectivity index (χ4v) is 3.87. The summed E-state index contributed by atoms with van der Waals surface area (Å²) in [5.74, 6) is 0.790. The quantitative estimate of drug-likeness (QED) is 0.736. The van der Waals surface area contributed by atoms with Crippen LogP contribution in [0.15, 0.2) is 22.7 Å². The third-order valence-corrected chi connectivity index (χ3v) is 5.12. The van der Waals surface area contributed by atoms with Gasteiger partial charge in [-0.25, -0.2) is 0 Å². The van der Waals surface area contributed by atoms with Crippen LogP contribution in [0, 0.1) is 11.3 Å². The molecule has 0 bridgehead atoms. The zero-order chi connectivity index (χ0) is 14.6. The first kappa shape index (κ1) is 15.8. The van der Waals surface area contributed by atoms with Crippen molar-refractivity contribution < 1.29 is 0 Å². The van der Waals surface area contributed by atoms with Crippen LogP contribution in [0.3, 0.4) is 0 Å². The molecule has 1 aliphatic carbocycles. The number of nitrogens with two attached hydrogens (primary N) is 1. The topological polar surface area (TPSA) is 38.0 Å². The Morgan fingerprint density at radius 3 is 2.60 bits per heavy atom. The lowest BCUT2D eigenvalue weighted by atomic mass is 9.78. The molecule has 0 radical (unpaired) electrons. The van der Waals surface area contributed by atoms with E-state index in [4.69, 9.17) is 5.73 Å². The van der Waals surface area contributed by atoms with Gasteiger partial charge in [-0.3, -0.25) is 0 Å². The average molecular weight is 339 g/mol. The third kappa shape index (κ3) is 4.23. The molecule has 1 fully saturated rings. The van der Waals surface area contributed by atoms with Gasteiger partial charge in [0.2, 0.25) is 0 Å². The second-order valence-electron chi connectivity index (χ2n) is 6.76.